The number of carboxylic acid groups (broad SMARTS) is 1. The topological polar surface area (TPSA) is 66.8 Å². The number of unbranched alkanes of at least 4 members (excludes halogenated alkanes) is 9. The third kappa shape index (κ3) is 17.4. The van der Waals surface area contributed by atoms with Crippen molar-refractivity contribution in [3.05, 3.63) is 0 Å². The Balaban J connectivity index is 3.16. The predicted octanol–water partition coefficient (Wildman–Crippen LogP) is 5.66. The smallest absolute Gasteiger partial charge is 0.303 e. The minimum Gasteiger partial charge on any atom is -0.481 e. The lowest BCUT2D eigenvalue weighted by Gasteiger charge is -2.11. The van der Waals surface area contributed by atoms with Gasteiger partial charge in [0.05, 0.1) is 6.61 Å². The lowest BCUT2D eigenvalue weighted by atomic mass is 9.96. The number of hydrogen-bond donors (Lipinski definition) is 2. The molecule has 1 atom stereocenters. The average molecular weight is 316 g/mol. The first-order valence-corrected chi connectivity index (χ1v) is 9.15. The second-order valence-electron chi connectivity index (χ2n) is 6.55. The molecule has 0 radical (unpaired) electrons. The van der Waals surface area contributed by atoms with Crippen LogP contribution in [0.25, 0.3) is 0 Å². The van der Waals surface area contributed by atoms with E-state index < -0.39 is 5.97 Å². The average Bonchev–Trinajstić information content (AvgIpc) is 2.48. The Bertz CT molecular complexity index is 243. The Kier molecular flexibility index (Phi) is 16.3. The summed E-state index contributed by atoms with van der Waals surface area (Å²) >= 11 is 0. The molecule has 0 saturated carbocycles. The summed E-state index contributed by atoms with van der Waals surface area (Å²) in [6.07, 6.45) is 15.9. The van der Waals surface area contributed by atoms with E-state index >= 15 is 0 Å². The van der Waals surface area contributed by atoms with Gasteiger partial charge in [-0.2, -0.15) is 0 Å². The maximum absolute atomic E-state index is 10.4. The Labute approximate surface area is 136 Å². The minimum atomic E-state index is -0.671. The first-order valence-electron chi connectivity index (χ1n) is 9.15. The van der Waals surface area contributed by atoms with Crippen molar-refractivity contribution in [1.29, 1.82) is 0 Å². The summed E-state index contributed by atoms with van der Waals surface area (Å²) in [6, 6.07) is 0. The molecule has 0 aromatic heterocycles. The van der Waals surface area contributed by atoms with E-state index in [4.69, 9.17) is 10.4 Å². The maximum Gasteiger partial charge on any atom is 0.303 e. The monoisotopic (exact) mass is 316 g/mol. The Morgan fingerprint density at radius 1 is 0.818 bits per heavy atom. The van der Waals surface area contributed by atoms with Crippen LogP contribution >= 0.6 is 0 Å². The van der Waals surface area contributed by atoms with Crippen molar-refractivity contribution in [2.24, 2.45) is 5.92 Å². The van der Waals surface area contributed by atoms with Gasteiger partial charge in [0.25, 0.3) is 0 Å². The van der Waals surface area contributed by atoms with E-state index in [2.05, 4.69) is 11.8 Å². The van der Waals surface area contributed by atoms with Crippen LogP contribution in [0.2, 0.25) is 0 Å². The summed E-state index contributed by atoms with van der Waals surface area (Å²) in [7, 11) is 0. The molecular weight excluding hydrogens is 280 g/mol. The SMILES string of the molecule is CC(CCCCCCCCOO)CCCCCCCC(=O)O. The van der Waals surface area contributed by atoms with E-state index in [-0.39, 0.29) is 0 Å². The number of carbonyl (C=O) groups is 1. The van der Waals surface area contributed by atoms with Crippen molar-refractivity contribution in [2.45, 2.75) is 96.8 Å². The highest BCUT2D eigenvalue weighted by molar-refractivity contribution is 5.66. The third-order valence-corrected chi connectivity index (χ3v) is 4.27. The van der Waals surface area contributed by atoms with Crippen molar-refractivity contribution >= 4 is 5.97 Å². The molecule has 0 fully saturated rings. The van der Waals surface area contributed by atoms with E-state index in [1.807, 2.05) is 0 Å². The van der Waals surface area contributed by atoms with Crippen LogP contribution in [0, 0.1) is 5.92 Å². The van der Waals surface area contributed by atoms with Crippen molar-refractivity contribution in [3.63, 3.8) is 0 Å². The number of hydrogen-bond acceptors (Lipinski definition) is 3. The highest BCUT2D eigenvalue weighted by atomic mass is 17.1. The van der Waals surface area contributed by atoms with Gasteiger partial charge < -0.3 is 5.11 Å². The molecule has 22 heavy (non-hydrogen) atoms. The van der Waals surface area contributed by atoms with Crippen LogP contribution in [0.15, 0.2) is 0 Å². The molecule has 0 bridgehead atoms. The fraction of sp³-hybridized carbons (Fsp3) is 0.944. The molecule has 4 heteroatoms. The molecule has 0 rings (SSSR count). The third-order valence-electron chi connectivity index (χ3n) is 4.27. The van der Waals surface area contributed by atoms with Gasteiger partial charge in [0.15, 0.2) is 0 Å². The van der Waals surface area contributed by atoms with Crippen LogP contribution in [0.5, 0.6) is 0 Å². The molecule has 0 saturated heterocycles. The lowest BCUT2D eigenvalue weighted by molar-refractivity contribution is -0.242. The van der Waals surface area contributed by atoms with E-state index in [0.717, 1.165) is 31.6 Å². The predicted molar refractivity (Wildman–Crippen MR) is 90.0 cm³/mol. The second-order valence-corrected chi connectivity index (χ2v) is 6.55. The molecule has 0 amide bonds. The van der Waals surface area contributed by atoms with Crippen molar-refractivity contribution < 1.29 is 20.0 Å². The molecule has 4 nitrogen and oxygen atoms in total. The summed E-state index contributed by atoms with van der Waals surface area (Å²) < 4.78 is 0. The fourth-order valence-corrected chi connectivity index (χ4v) is 2.81. The summed E-state index contributed by atoms with van der Waals surface area (Å²) in [5.74, 6) is 0.150. The minimum absolute atomic E-state index is 0.323. The summed E-state index contributed by atoms with van der Waals surface area (Å²) in [5.41, 5.74) is 0. The van der Waals surface area contributed by atoms with Gasteiger partial charge in [0, 0.05) is 6.42 Å². The molecule has 0 aromatic carbocycles. The first kappa shape index (κ1) is 21.4. The summed E-state index contributed by atoms with van der Waals surface area (Å²) in [4.78, 5) is 14.4. The van der Waals surface area contributed by atoms with Crippen molar-refractivity contribution in [2.75, 3.05) is 6.61 Å². The van der Waals surface area contributed by atoms with Crippen molar-refractivity contribution in [3.8, 4) is 0 Å². The van der Waals surface area contributed by atoms with Crippen LogP contribution in [-0.4, -0.2) is 22.9 Å². The maximum atomic E-state index is 10.4. The van der Waals surface area contributed by atoms with E-state index in [9.17, 15) is 4.79 Å². The molecule has 0 aliphatic heterocycles. The highest BCUT2D eigenvalue weighted by Crippen LogP contribution is 2.18. The molecule has 0 heterocycles. The van der Waals surface area contributed by atoms with Crippen molar-refractivity contribution in [1.82, 2.24) is 0 Å². The van der Waals surface area contributed by atoms with Crippen LogP contribution in [0.1, 0.15) is 96.8 Å². The zero-order valence-corrected chi connectivity index (χ0v) is 14.4. The standard InChI is InChI=1S/C18H36O4/c1-17(13-9-5-2-3-8-12-16-22-21)14-10-6-4-7-11-15-18(19)20/h17,21H,2-16H2,1H3,(H,19,20). The molecule has 2 N–H and O–H groups in total. The van der Waals surface area contributed by atoms with Gasteiger partial charge in [-0.15, -0.1) is 0 Å². The van der Waals surface area contributed by atoms with E-state index in [1.165, 1.54) is 57.8 Å². The van der Waals surface area contributed by atoms with E-state index in [1.54, 1.807) is 0 Å². The number of rotatable bonds is 17. The van der Waals surface area contributed by atoms with Gasteiger partial charge in [-0.1, -0.05) is 77.6 Å². The Hall–Kier alpha value is -0.610. The Morgan fingerprint density at radius 2 is 1.27 bits per heavy atom. The van der Waals surface area contributed by atoms with E-state index in [0.29, 0.717) is 13.0 Å². The largest absolute Gasteiger partial charge is 0.481 e. The normalized spacial score (nSPS) is 12.5. The zero-order chi connectivity index (χ0) is 16.5. The summed E-state index contributed by atoms with van der Waals surface area (Å²) in [5, 5.41) is 16.7. The van der Waals surface area contributed by atoms with Gasteiger partial charge in [-0.3, -0.25) is 10.1 Å². The highest BCUT2D eigenvalue weighted by Gasteiger charge is 2.02. The molecule has 0 spiro atoms. The molecule has 1 unspecified atom stereocenters. The molecule has 132 valence electrons. The lowest BCUT2D eigenvalue weighted by Crippen LogP contribution is -1.96. The zero-order valence-electron chi connectivity index (χ0n) is 14.4. The van der Waals surface area contributed by atoms with Gasteiger partial charge in [0.2, 0.25) is 0 Å². The van der Waals surface area contributed by atoms with Crippen LogP contribution in [-0.2, 0) is 9.68 Å². The van der Waals surface area contributed by atoms with Crippen LogP contribution in [0.4, 0.5) is 0 Å². The molecule has 0 aliphatic carbocycles. The number of aliphatic carboxylic acids is 1. The first-order chi connectivity index (χ1) is 10.7. The van der Waals surface area contributed by atoms with Crippen LogP contribution < -0.4 is 0 Å². The fourth-order valence-electron chi connectivity index (χ4n) is 2.81. The second kappa shape index (κ2) is 16.8. The van der Waals surface area contributed by atoms with Gasteiger partial charge in [0.1, 0.15) is 0 Å². The van der Waals surface area contributed by atoms with Gasteiger partial charge in [-0.05, 0) is 18.8 Å². The molecular formula is C18H36O4. The quantitative estimate of drug-likeness (QED) is 0.206. The summed E-state index contributed by atoms with van der Waals surface area (Å²) in [6.45, 7) is 2.82. The van der Waals surface area contributed by atoms with Gasteiger partial charge >= 0.3 is 5.97 Å². The molecule has 0 aromatic rings. The van der Waals surface area contributed by atoms with Gasteiger partial charge in [-0.25, -0.2) is 4.89 Å². The Morgan fingerprint density at radius 3 is 1.77 bits per heavy atom. The molecule has 0 aliphatic rings. The number of carboxylic acids is 1. The van der Waals surface area contributed by atoms with Crippen LogP contribution in [0.3, 0.4) is 0 Å².